The first-order chi connectivity index (χ1) is 6.97. The predicted octanol–water partition coefficient (Wildman–Crippen LogP) is -0.889. The normalized spacial score (nSPS) is 17.0. The Labute approximate surface area is 97.0 Å². The van der Waals surface area contributed by atoms with Crippen LogP contribution in [0.1, 0.15) is 20.3 Å². The number of aliphatic hydroxyl groups is 1. The summed E-state index contributed by atoms with van der Waals surface area (Å²) in [6.45, 7) is 3.12. The fourth-order valence-electron chi connectivity index (χ4n) is 0.724. The molecule has 0 saturated heterocycles. The number of sulfonamides is 1. The van der Waals surface area contributed by atoms with Crippen molar-refractivity contribution in [2.75, 3.05) is 24.3 Å². The fraction of sp³-hybridized carbons (Fsp3) is 1.00. The van der Waals surface area contributed by atoms with Gasteiger partial charge in [0.05, 0.1) is 17.1 Å². The van der Waals surface area contributed by atoms with Crippen LogP contribution in [0.5, 0.6) is 0 Å². The SMILES string of the molecule is CCC(C)(O)CNS(=O)(=O)CCS(C)(=O)=O. The Hall–Kier alpha value is -0.180. The smallest absolute Gasteiger partial charge is 0.212 e. The molecule has 1 atom stereocenters. The zero-order chi connectivity index (χ0) is 13.0. The molecule has 0 aromatic carbocycles. The van der Waals surface area contributed by atoms with Crippen molar-refractivity contribution in [3.63, 3.8) is 0 Å². The maximum Gasteiger partial charge on any atom is 0.212 e. The highest BCUT2D eigenvalue weighted by molar-refractivity contribution is 7.93. The van der Waals surface area contributed by atoms with Gasteiger partial charge < -0.3 is 5.11 Å². The van der Waals surface area contributed by atoms with Crippen LogP contribution in [0, 0.1) is 0 Å². The van der Waals surface area contributed by atoms with Crippen LogP contribution in [-0.4, -0.2) is 51.8 Å². The van der Waals surface area contributed by atoms with E-state index in [0.29, 0.717) is 6.42 Å². The monoisotopic (exact) mass is 273 g/mol. The quantitative estimate of drug-likeness (QED) is 0.627. The van der Waals surface area contributed by atoms with Gasteiger partial charge in [-0.05, 0) is 13.3 Å². The summed E-state index contributed by atoms with van der Waals surface area (Å²) in [5, 5.41) is 9.57. The molecule has 0 aromatic rings. The Bertz CT molecular complexity index is 410. The minimum atomic E-state index is -3.65. The lowest BCUT2D eigenvalue weighted by molar-refractivity contribution is 0.0614. The summed E-state index contributed by atoms with van der Waals surface area (Å²) in [6, 6.07) is 0. The highest BCUT2D eigenvalue weighted by atomic mass is 32.2. The second-order valence-electron chi connectivity index (χ2n) is 4.12. The number of hydrogen-bond acceptors (Lipinski definition) is 5. The van der Waals surface area contributed by atoms with Crippen LogP contribution >= 0.6 is 0 Å². The number of nitrogens with one attached hydrogen (secondary N) is 1. The molecule has 0 spiro atoms. The molecule has 0 fully saturated rings. The molecule has 1 unspecified atom stereocenters. The van der Waals surface area contributed by atoms with Gasteiger partial charge in [0, 0.05) is 12.8 Å². The molecule has 0 aliphatic carbocycles. The summed E-state index contributed by atoms with van der Waals surface area (Å²) in [6.07, 6.45) is 1.38. The Morgan fingerprint density at radius 3 is 2.06 bits per heavy atom. The molecule has 0 rings (SSSR count). The van der Waals surface area contributed by atoms with Gasteiger partial charge in [0.15, 0.2) is 0 Å². The summed E-state index contributed by atoms with van der Waals surface area (Å²) >= 11 is 0. The number of rotatable bonds is 7. The first kappa shape index (κ1) is 15.8. The second kappa shape index (κ2) is 5.44. The molecular weight excluding hydrogens is 254 g/mol. The predicted molar refractivity (Wildman–Crippen MR) is 62.4 cm³/mol. The van der Waals surface area contributed by atoms with Gasteiger partial charge in [-0.25, -0.2) is 21.6 Å². The Morgan fingerprint density at radius 2 is 1.69 bits per heavy atom. The molecule has 0 radical (unpaired) electrons. The minimum absolute atomic E-state index is 0.115. The summed E-state index contributed by atoms with van der Waals surface area (Å²) in [7, 11) is -6.95. The topological polar surface area (TPSA) is 101 Å². The minimum Gasteiger partial charge on any atom is -0.389 e. The van der Waals surface area contributed by atoms with E-state index >= 15 is 0 Å². The van der Waals surface area contributed by atoms with Crippen molar-refractivity contribution >= 4 is 19.9 Å². The summed E-state index contributed by atoms with van der Waals surface area (Å²) in [5.74, 6) is -0.901. The number of hydrogen-bond donors (Lipinski definition) is 2. The Balaban J connectivity index is 4.28. The Morgan fingerprint density at radius 1 is 1.19 bits per heavy atom. The van der Waals surface area contributed by atoms with Crippen molar-refractivity contribution in [3.05, 3.63) is 0 Å². The summed E-state index contributed by atoms with van der Waals surface area (Å²) < 4.78 is 46.5. The maximum atomic E-state index is 11.4. The van der Waals surface area contributed by atoms with Crippen LogP contribution < -0.4 is 4.72 Å². The van der Waals surface area contributed by atoms with Crippen LogP contribution in [0.2, 0.25) is 0 Å². The highest BCUT2D eigenvalue weighted by Crippen LogP contribution is 2.06. The molecule has 0 aliphatic rings. The zero-order valence-corrected chi connectivity index (χ0v) is 11.4. The van der Waals surface area contributed by atoms with Crippen molar-refractivity contribution in [3.8, 4) is 0 Å². The van der Waals surface area contributed by atoms with Crippen LogP contribution in [0.4, 0.5) is 0 Å². The van der Waals surface area contributed by atoms with Crippen molar-refractivity contribution in [2.45, 2.75) is 25.9 Å². The lowest BCUT2D eigenvalue weighted by atomic mass is 10.1. The average molecular weight is 273 g/mol. The van der Waals surface area contributed by atoms with Crippen LogP contribution in [0.25, 0.3) is 0 Å². The zero-order valence-electron chi connectivity index (χ0n) is 9.73. The maximum absolute atomic E-state index is 11.4. The van der Waals surface area contributed by atoms with E-state index in [9.17, 15) is 21.9 Å². The van der Waals surface area contributed by atoms with Crippen LogP contribution in [0.15, 0.2) is 0 Å². The molecule has 0 aromatic heterocycles. The van der Waals surface area contributed by atoms with Gasteiger partial charge in [-0.15, -0.1) is 0 Å². The van der Waals surface area contributed by atoms with E-state index in [1.807, 2.05) is 0 Å². The molecule has 0 heterocycles. The molecule has 0 aliphatic heterocycles. The van der Waals surface area contributed by atoms with Crippen LogP contribution in [-0.2, 0) is 19.9 Å². The molecule has 0 saturated carbocycles. The molecule has 0 amide bonds. The molecule has 16 heavy (non-hydrogen) atoms. The van der Waals surface area contributed by atoms with E-state index in [0.717, 1.165) is 6.26 Å². The van der Waals surface area contributed by atoms with Crippen LogP contribution in [0.3, 0.4) is 0 Å². The summed E-state index contributed by atoms with van der Waals surface area (Å²) in [4.78, 5) is 0. The van der Waals surface area contributed by atoms with Gasteiger partial charge in [-0.1, -0.05) is 6.92 Å². The van der Waals surface area contributed by atoms with Crippen molar-refractivity contribution < 1.29 is 21.9 Å². The highest BCUT2D eigenvalue weighted by Gasteiger charge is 2.21. The van der Waals surface area contributed by atoms with Crippen molar-refractivity contribution in [1.82, 2.24) is 4.72 Å². The second-order valence-corrected chi connectivity index (χ2v) is 8.31. The molecule has 2 N–H and O–H groups in total. The molecule has 6 nitrogen and oxygen atoms in total. The molecule has 8 heteroatoms. The third-order valence-corrected chi connectivity index (χ3v) is 4.69. The third-order valence-electron chi connectivity index (χ3n) is 2.16. The molecule has 98 valence electrons. The first-order valence-corrected chi connectivity index (χ1v) is 8.56. The standard InChI is InChI=1S/C8H19NO5S2/c1-4-8(2,10)7-9-16(13,14)6-5-15(3,11)12/h9-10H,4-7H2,1-3H3. The van der Waals surface area contributed by atoms with Gasteiger partial charge in [0.1, 0.15) is 9.84 Å². The van der Waals surface area contributed by atoms with Gasteiger partial charge in [-0.3, -0.25) is 0 Å². The van der Waals surface area contributed by atoms with Crippen molar-refractivity contribution in [2.24, 2.45) is 0 Å². The van der Waals surface area contributed by atoms with E-state index < -0.39 is 37.0 Å². The van der Waals surface area contributed by atoms with Gasteiger partial charge in [-0.2, -0.15) is 0 Å². The van der Waals surface area contributed by atoms with E-state index in [1.54, 1.807) is 6.92 Å². The largest absolute Gasteiger partial charge is 0.389 e. The van der Waals surface area contributed by atoms with Gasteiger partial charge in [0.25, 0.3) is 0 Å². The van der Waals surface area contributed by atoms with E-state index in [1.165, 1.54) is 6.92 Å². The van der Waals surface area contributed by atoms with Crippen molar-refractivity contribution in [1.29, 1.82) is 0 Å². The van der Waals surface area contributed by atoms with E-state index in [-0.39, 0.29) is 6.54 Å². The lowest BCUT2D eigenvalue weighted by Crippen LogP contribution is -2.41. The first-order valence-electron chi connectivity index (χ1n) is 4.85. The van der Waals surface area contributed by atoms with Gasteiger partial charge in [0.2, 0.25) is 10.0 Å². The fourth-order valence-corrected chi connectivity index (χ4v) is 3.49. The Kier molecular flexibility index (Phi) is 5.37. The third kappa shape index (κ3) is 8.03. The molecular formula is C8H19NO5S2. The number of sulfone groups is 1. The molecule has 0 bridgehead atoms. The van der Waals surface area contributed by atoms with Gasteiger partial charge >= 0.3 is 0 Å². The average Bonchev–Trinajstić information content (AvgIpc) is 2.12. The van der Waals surface area contributed by atoms with E-state index in [2.05, 4.69) is 4.72 Å². The lowest BCUT2D eigenvalue weighted by Gasteiger charge is -2.21. The van der Waals surface area contributed by atoms with E-state index in [4.69, 9.17) is 0 Å². The summed E-state index contributed by atoms with van der Waals surface area (Å²) in [5.41, 5.74) is -1.11.